The van der Waals surface area contributed by atoms with E-state index in [9.17, 15) is 18.4 Å². The molecule has 6 heteroatoms. The summed E-state index contributed by atoms with van der Waals surface area (Å²) in [6.07, 6.45) is -0.593. The lowest BCUT2D eigenvalue weighted by Gasteiger charge is -1.85. The molecule has 0 radical (unpaired) electrons. The highest BCUT2D eigenvalue weighted by Crippen LogP contribution is 1.86. The van der Waals surface area contributed by atoms with Crippen molar-refractivity contribution in [3.05, 3.63) is 0 Å². The van der Waals surface area contributed by atoms with Crippen molar-refractivity contribution in [3.63, 3.8) is 0 Å². The van der Waals surface area contributed by atoms with Crippen molar-refractivity contribution < 1.29 is 28.6 Å². The van der Waals surface area contributed by atoms with Crippen LogP contribution in [0.3, 0.4) is 0 Å². The summed E-state index contributed by atoms with van der Waals surface area (Å²) in [7, 11) is 0. The van der Waals surface area contributed by atoms with Gasteiger partial charge in [-0.3, -0.25) is 9.59 Å². The molecule has 0 fully saturated rings. The van der Waals surface area contributed by atoms with E-state index in [1.54, 1.807) is 0 Å². The number of hydrogen-bond acceptors (Lipinski definition) is 2. The number of halogens is 2. The van der Waals surface area contributed by atoms with Crippen LogP contribution in [0.1, 0.15) is 12.8 Å². The molecule has 11 heavy (non-hydrogen) atoms. The Morgan fingerprint density at radius 2 is 1.18 bits per heavy atom. The fraction of sp³-hybridized carbons (Fsp3) is 0.600. The first-order valence-electron chi connectivity index (χ1n) is 2.60. The molecular weight excluding hydrogens is 162 g/mol. The van der Waals surface area contributed by atoms with E-state index in [0.717, 1.165) is 0 Å². The van der Waals surface area contributed by atoms with Gasteiger partial charge in [-0.15, -0.1) is 0 Å². The molecule has 2 N–H and O–H groups in total. The predicted molar refractivity (Wildman–Crippen MR) is 31.6 cm³/mol. The normalized spacial score (nSPS) is 7.82. The van der Waals surface area contributed by atoms with E-state index in [-0.39, 0.29) is 12.8 Å². The second kappa shape index (κ2) is 8.80. The Morgan fingerprint density at radius 3 is 1.27 bits per heavy atom. The third-order valence-corrected chi connectivity index (χ3v) is 0.553. The molecule has 0 heterocycles. The molecule has 0 saturated heterocycles. The molecule has 0 amide bonds. The maximum absolute atomic E-state index is 9.64. The lowest BCUT2D eigenvalue weighted by Crippen LogP contribution is -2.00. The molecule has 0 aliphatic heterocycles. The van der Waals surface area contributed by atoms with Gasteiger partial charge < -0.3 is 10.2 Å². The molecule has 0 bridgehead atoms. The zero-order valence-corrected chi connectivity index (χ0v) is 5.59. The second-order valence-corrected chi connectivity index (χ2v) is 1.39. The van der Waals surface area contributed by atoms with Crippen molar-refractivity contribution in [2.24, 2.45) is 0 Å². The summed E-state index contributed by atoms with van der Waals surface area (Å²) in [4.78, 5) is 19.3. The number of hydrogen-bond donors (Lipinski definition) is 2. The Labute approximate surface area is 61.4 Å². The Kier molecular flexibility index (Phi) is 9.98. The van der Waals surface area contributed by atoms with E-state index in [0.29, 0.717) is 0 Å². The maximum atomic E-state index is 9.64. The third-order valence-electron chi connectivity index (χ3n) is 0.553. The van der Waals surface area contributed by atoms with Crippen LogP contribution in [0.25, 0.3) is 0 Å². The monoisotopic (exact) mass is 170 g/mol. The van der Waals surface area contributed by atoms with Crippen LogP contribution in [0.5, 0.6) is 0 Å². The Morgan fingerprint density at radius 1 is 1.00 bits per heavy atom. The predicted octanol–water partition coefficient (Wildman–Crippen LogP) is 0.819. The van der Waals surface area contributed by atoms with Crippen LogP contribution in [0.2, 0.25) is 0 Å². The van der Waals surface area contributed by atoms with Crippen molar-refractivity contribution in [1.82, 2.24) is 0 Å². The standard InChI is InChI=1S/C4H6O4.CH2F2/c5-3(6)1-2-4(7)8;2-1-3/h1-2H2,(H,5,6)(H,7,8);1H2. The molecule has 0 aliphatic carbocycles. The van der Waals surface area contributed by atoms with Crippen molar-refractivity contribution in [2.75, 3.05) is 6.93 Å². The highest BCUT2D eigenvalue weighted by atomic mass is 19.3. The minimum absolute atomic E-state index is 0.296. The van der Waals surface area contributed by atoms with Gasteiger partial charge >= 0.3 is 11.9 Å². The van der Waals surface area contributed by atoms with Gasteiger partial charge in [-0.25, -0.2) is 8.78 Å². The Hall–Kier alpha value is -1.20. The number of carboxylic acids is 2. The zero-order chi connectivity index (χ0) is 9.28. The molecule has 0 aromatic heterocycles. The van der Waals surface area contributed by atoms with E-state index in [4.69, 9.17) is 10.2 Å². The highest BCUT2D eigenvalue weighted by molar-refractivity contribution is 5.75. The van der Waals surface area contributed by atoms with Gasteiger partial charge in [0.25, 0.3) is 0 Å². The topological polar surface area (TPSA) is 74.6 Å². The van der Waals surface area contributed by atoms with Gasteiger partial charge in [-0.1, -0.05) is 0 Å². The highest BCUT2D eigenvalue weighted by Gasteiger charge is 2.00. The molecule has 66 valence electrons. The minimum Gasteiger partial charge on any atom is -0.481 e. The first kappa shape index (κ1) is 12.5. The van der Waals surface area contributed by atoms with Crippen LogP contribution in [0, 0.1) is 0 Å². The molecule has 0 aromatic carbocycles. The lowest BCUT2D eigenvalue weighted by atomic mass is 10.3. The van der Waals surface area contributed by atoms with Crippen molar-refractivity contribution in [2.45, 2.75) is 12.8 Å². The van der Waals surface area contributed by atoms with Gasteiger partial charge in [0, 0.05) is 0 Å². The zero-order valence-electron chi connectivity index (χ0n) is 5.59. The van der Waals surface area contributed by atoms with Gasteiger partial charge in [0.15, 0.2) is 0 Å². The van der Waals surface area contributed by atoms with E-state index < -0.39 is 18.9 Å². The Bertz CT molecular complexity index is 112. The summed E-state index contributed by atoms with van der Waals surface area (Å²) < 4.78 is 19.2. The van der Waals surface area contributed by atoms with Gasteiger partial charge in [0.05, 0.1) is 12.8 Å². The molecule has 0 saturated carbocycles. The maximum Gasteiger partial charge on any atom is 0.303 e. The Balaban J connectivity index is 0. The van der Waals surface area contributed by atoms with Crippen LogP contribution in [0.15, 0.2) is 0 Å². The lowest BCUT2D eigenvalue weighted by molar-refractivity contribution is -0.143. The van der Waals surface area contributed by atoms with Gasteiger partial charge in [-0.2, -0.15) is 0 Å². The number of alkyl halides is 2. The quantitative estimate of drug-likeness (QED) is 0.657. The molecular formula is C5H8F2O4. The van der Waals surface area contributed by atoms with E-state index in [2.05, 4.69) is 0 Å². The van der Waals surface area contributed by atoms with Crippen molar-refractivity contribution in [3.8, 4) is 0 Å². The van der Waals surface area contributed by atoms with E-state index in [1.165, 1.54) is 0 Å². The van der Waals surface area contributed by atoms with Gasteiger partial charge in [-0.05, 0) is 0 Å². The molecule has 4 nitrogen and oxygen atoms in total. The summed E-state index contributed by atoms with van der Waals surface area (Å²) >= 11 is 0. The summed E-state index contributed by atoms with van der Waals surface area (Å²) in [5.74, 6) is -2.15. The van der Waals surface area contributed by atoms with Crippen LogP contribution in [-0.2, 0) is 9.59 Å². The first-order chi connectivity index (χ1) is 5.04. The second-order valence-electron chi connectivity index (χ2n) is 1.39. The van der Waals surface area contributed by atoms with Crippen LogP contribution in [-0.4, -0.2) is 29.1 Å². The fourth-order valence-electron chi connectivity index (χ4n) is 0.214. The molecule has 0 aromatic rings. The number of carbonyl (C=O) groups is 2. The van der Waals surface area contributed by atoms with Crippen LogP contribution < -0.4 is 0 Å². The average Bonchev–Trinajstić information content (AvgIpc) is 1.85. The molecule has 0 spiro atoms. The number of rotatable bonds is 3. The number of carboxylic acid groups (broad SMARTS) is 2. The van der Waals surface area contributed by atoms with Crippen LogP contribution >= 0.6 is 0 Å². The molecule has 0 aliphatic rings. The van der Waals surface area contributed by atoms with Gasteiger partial charge in [0.2, 0.25) is 6.93 Å². The summed E-state index contributed by atoms with van der Waals surface area (Å²) in [6.45, 7) is -1.75. The van der Waals surface area contributed by atoms with Gasteiger partial charge in [0.1, 0.15) is 0 Å². The molecule has 0 unspecified atom stereocenters. The minimum atomic E-state index is -1.75. The average molecular weight is 170 g/mol. The van der Waals surface area contributed by atoms with E-state index in [1.807, 2.05) is 0 Å². The SMILES string of the molecule is FCF.O=C(O)CCC(=O)O. The first-order valence-corrected chi connectivity index (χ1v) is 2.60. The smallest absolute Gasteiger partial charge is 0.303 e. The molecule has 0 atom stereocenters. The third kappa shape index (κ3) is 28.2. The largest absolute Gasteiger partial charge is 0.481 e. The fourth-order valence-corrected chi connectivity index (χ4v) is 0.214. The summed E-state index contributed by atoms with van der Waals surface area (Å²) in [5.41, 5.74) is 0. The number of aliphatic carboxylic acids is 2. The summed E-state index contributed by atoms with van der Waals surface area (Å²) in [6, 6.07) is 0. The van der Waals surface area contributed by atoms with Crippen LogP contribution in [0.4, 0.5) is 8.78 Å². The van der Waals surface area contributed by atoms with E-state index >= 15 is 0 Å². The van der Waals surface area contributed by atoms with Crippen molar-refractivity contribution in [1.29, 1.82) is 0 Å². The molecule has 0 rings (SSSR count). The van der Waals surface area contributed by atoms with Crippen molar-refractivity contribution >= 4 is 11.9 Å². The summed E-state index contributed by atoms with van der Waals surface area (Å²) in [5, 5.41) is 15.8.